The van der Waals surface area contributed by atoms with Gasteiger partial charge in [0.15, 0.2) is 9.84 Å². The maximum Gasteiger partial charge on any atom is 0.154 e. The van der Waals surface area contributed by atoms with Crippen molar-refractivity contribution in [2.45, 2.75) is 62.1 Å². The Morgan fingerprint density at radius 2 is 2.00 bits per heavy atom. The zero-order valence-electron chi connectivity index (χ0n) is 10.7. The highest BCUT2D eigenvalue weighted by Crippen LogP contribution is 2.25. The third kappa shape index (κ3) is 5.87. The minimum Gasteiger partial charge on any atom is -0.373 e. The second-order valence-electron chi connectivity index (χ2n) is 4.93. The van der Waals surface area contributed by atoms with Crippen molar-refractivity contribution in [3.05, 3.63) is 0 Å². The van der Waals surface area contributed by atoms with Crippen molar-refractivity contribution in [1.82, 2.24) is 0 Å². The Labute approximate surface area is 119 Å². The van der Waals surface area contributed by atoms with Crippen LogP contribution in [0.4, 0.5) is 0 Å². The Balaban J connectivity index is 2.24. The van der Waals surface area contributed by atoms with Gasteiger partial charge in [-0.05, 0) is 13.3 Å². The molecule has 0 aromatic rings. The predicted molar refractivity (Wildman–Crippen MR) is 79.6 cm³/mol. The molecular formula is C12H23IO3S. The van der Waals surface area contributed by atoms with E-state index in [1.165, 1.54) is 25.7 Å². The Hall–Kier alpha value is 0.640. The van der Waals surface area contributed by atoms with Crippen LogP contribution in [0.1, 0.15) is 46.0 Å². The summed E-state index contributed by atoms with van der Waals surface area (Å²) in [6, 6.07) is 0. The second-order valence-corrected chi connectivity index (χ2v) is 8.68. The fraction of sp³-hybridized carbons (Fsp3) is 1.00. The highest BCUT2D eigenvalue weighted by molar-refractivity contribution is 14.1. The molecule has 3 nitrogen and oxygen atoms in total. The number of ether oxygens (including phenoxy) is 1. The van der Waals surface area contributed by atoms with Crippen LogP contribution in [0.15, 0.2) is 0 Å². The second kappa shape index (κ2) is 7.28. The summed E-state index contributed by atoms with van der Waals surface area (Å²) in [5, 5.41) is 0. The van der Waals surface area contributed by atoms with Gasteiger partial charge >= 0.3 is 0 Å². The molecule has 1 saturated heterocycles. The van der Waals surface area contributed by atoms with Gasteiger partial charge in [0.05, 0.1) is 27.6 Å². The van der Waals surface area contributed by atoms with Crippen LogP contribution in [-0.2, 0) is 14.6 Å². The van der Waals surface area contributed by atoms with Gasteiger partial charge in [-0.2, -0.15) is 0 Å². The van der Waals surface area contributed by atoms with E-state index in [9.17, 15) is 8.42 Å². The fourth-order valence-corrected chi connectivity index (χ4v) is 6.18. The number of hydrogen-bond donors (Lipinski definition) is 0. The Morgan fingerprint density at radius 3 is 2.53 bits per heavy atom. The molecule has 0 aliphatic carbocycles. The SMILES string of the molecule is CCCCCCC(C)OC1CS(=O)(=O)CC1I. The zero-order chi connectivity index (χ0) is 12.9. The van der Waals surface area contributed by atoms with E-state index in [1.54, 1.807) is 0 Å². The van der Waals surface area contributed by atoms with E-state index < -0.39 is 9.84 Å². The maximum absolute atomic E-state index is 11.4. The average Bonchev–Trinajstić information content (AvgIpc) is 2.47. The molecule has 17 heavy (non-hydrogen) atoms. The summed E-state index contributed by atoms with van der Waals surface area (Å²) < 4.78 is 28.9. The fourth-order valence-electron chi connectivity index (χ4n) is 2.12. The Bertz CT molecular complexity index is 316. The molecule has 0 saturated carbocycles. The molecule has 1 fully saturated rings. The molecule has 102 valence electrons. The monoisotopic (exact) mass is 374 g/mol. The molecule has 1 aliphatic heterocycles. The smallest absolute Gasteiger partial charge is 0.154 e. The first-order valence-electron chi connectivity index (χ1n) is 6.44. The highest BCUT2D eigenvalue weighted by Gasteiger charge is 2.37. The largest absolute Gasteiger partial charge is 0.373 e. The third-order valence-electron chi connectivity index (χ3n) is 3.11. The van der Waals surface area contributed by atoms with Gasteiger partial charge in [-0.3, -0.25) is 0 Å². The van der Waals surface area contributed by atoms with Gasteiger partial charge in [0.1, 0.15) is 0 Å². The third-order valence-corrected chi connectivity index (χ3v) is 6.65. The number of alkyl halides is 1. The number of halogens is 1. The van der Waals surface area contributed by atoms with Crippen molar-refractivity contribution < 1.29 is 13.2 Å². The van der Waals surface area contributed by atoms with Crippen LogP contribution >= 0.6 is 22.6 Å². The molecule has 0 radical (unpaired) electrons. The highest BCUT2D eigenvalue weighted by atomic mass is 127. The van der Waals surface area contributed by atoms with Crippen molar-refractivity contribution in [3.8, 4) is 0 Å². The van der Waals surface area contributed by atoms with E-state index >= 15 is 0 Å². The zero-order valence-corrected chi connectivity index (χ0v) is 13.7. The van der Waals surface area contributed by atoms with Crippen molar-refractivity contribution in [2.24, 2.45) is 0 Å². The molecule has 1 rings (SSSR count). The number of rotatable bonds is 7. The summed E-state index contributed by atoms with van der Waals surface area (Å²) in [5.74, 6) is 0.487. The summed E-state index contributed by atoms with van der Waals surface area (Å²) in [7, 11) is -2.85. The van der Waals surface area contributed by atoms with E-state index in [-0.39, 0.29) is 27.6 Å². The van der Waals surface area contributed by atoms with Gasteiger partial charge in [0.25, 0.3) is 0 Å². The van der Waals surface area contributed by atoms with Crippen LogP contribution in [0.5, 0.6) is 0 Å². The topological polar surface area (TPSA) is 43.4 Å². The standard InChI is InChI=1S/C12H23IO3S/c1-3-4-5-6-7-10(2)16-12-9-17(14,15)8-11(12)13/h10-12H,3-9H2,1-2H3. The van der Waals surface area contributed by atoms with Gasteiger partial charge in [-0.25, -0.2) is 8.42 Å². The van der Waals surface area contributed by atoms with Crippen LogP contribution in [0, 0.1) is 0 Å². The molecule has 0 aromatic heterocycles. The predicted octanol–water partition coefficient (Wildman–Crippen LogP) is 2.96. The molecule has 0 aromatic carbocycles. The molecular weight excluding hydrogens is 351 g/mol. The summed E-state index contributed by atoms with van der Waals surface area (Å²) in [6.45, 7) is 4.25. The lowest BCUT2D eigenvalue weighted by Crippen LogP contribution is -2.27. The molecule has 0 amide bonds. The van der Waals surface area contributed by atoms with E-state index in [4.69, 9.17) is 4.74 Å². The molecule has 0 N–H and O–H groups in total. The first kappa shape index (κ1) is 15.7. The van der Waals surface area contributed by atoms with Crippen molar-refractivity contribution >= 4 is 32.4 Å². The van der Waals surface area contributed by atoms with Crippen molar-refractivity contribution in [1.29, 1.82) is 0 Å². The van der Waals surface area contributed by atoms with Crippen LogP contribution in [0.2, 0.25) is 0 Å². The van der Waals surface area contributed by atoms with Crippen molar-refractivity contribution in [3.63, 3.8) is 0 Å². The summed E-state index contributed by atoms with van der Waals surface area (Å²) in [5.41, 5.74) is 0. The number of unbranched alkanes of at least 4 members (excludes halogenated alkanes) is 3. The van der Waals surface area contributed by atoms with E-state index in [0.717, 1.165) is 6.42 Å². The minimum atomic E-state index is -2.85. The molecule has 5 heteroatoms. The lowest BCUT2D eigenvalue weighted by atomic mass is 10.1. The van der Waals surface area contributed by atoms with Gasteiger partial charge in [-0.15, -0.1) is 0 Å². The quantitative estimate of drug-likeness (QED) is 0.391. The lowest BCUT2D eigenvalue weighted by molar-refractivity contribution is 0.0119. The minimum absolute atomic E-state index is 0.0956. The van der Waals surface area contributed by atoms with Gasteiger partial charge in [0, 0.05) is 0 Å². The van der Waals surface area contributed by atoms with Crippen LogP contribution in [0.25, 0.3) is 0 Å². The molecule has 3 unspecified atom stereocenters. The number of sulfone groups is 1. The van der Waals surface area contributed by atoms with Gasteiger partial charge < -0.3 is 4.74 Å². The normalized spacial score (nSPS) is 29.4. The summed E-state index contributed by atoms with van der Waals surface area (Å²) in [6.07, 6.45) is 6.08. The van der Waals surface area contributed by atoms with E-state index in [0.29, 0.717) is 0 Å². The van der Waals surface area contributed by atoms with Crippen LogP contribution in [-0.4, -0.2) is 36.1 Å². The molecule has 1 heterocycles. The van der Waals surface area contributed by atoms with Crippen LogP contribution in [0.3, 0.4) is 0 Å². The Kier molecular flexibility index (Phi) is 6.72. The van der Waals surface area contributed by atoms with Gasteiger partial charge in [-0.1, -0.05) is 55.2 Å². The lowest BCUT2D eigenvalue weighted by Gasteiger charge is -2.20. The maximum atomic E-state index is 11.4. The first-order valence-corrected chi connectivity index (χ1v) is 9.51. The Morgan fingerprint density at radius 1 is 1.29 bits per heavy atom. The van der Waals surface area contributed by atoms with E-state index in [1.807, 2.05) is 0 Å². The number of hydrogen-bond acceptors (Lipinski definition) is 3. The van der Waals surface area contributed by atoms with E-state index in [2.05, 4.69) is 36.4 Å². The van der Waals surface area contributed by atoms with Crippen LogP contribution < -0.4 is 0 Å². The molecule has 0 bridgehead atoms. The summed E-state index contributed by atoms with van der Waals surface area (Å²) in [4.78, 5) is 0. The summed E-state index contributed by atoms with van der Waals surface area (Å²) >= 11 is 2.20. The molecule has 0 spiro atoms. The molecule has 1 aliphatic rings. The molecule has 3 atom stereocenters. The average molecular weight is 374 g/mol. The van der Waals surface area contributed by atoms with Crippen molar-refractivity contribution in [2.75, 3.05) is 11.5 Å². The first-order chi connectivity index (χ1) is 7.94. The van der Waals surface area contributed by atoms with Gasteiger partial charge in [0.2, 0.25) is 0 Å².